The van der Waals surface area contributed by atoms with E-state index < -0.39 is 0 Å². The van der Waals surface area contributed by atoms with E-state index in [1.807, 2.05) is 13.8 Å². The second-order valence-corrected chi connectivity index (χ2v) is 4.56. The molecule has 2 rings (SSSR count). The molecule has 94 valence electrons. The lowest BCUT2D eigenvalue weighted by Crippen LogP contribution is -2.13. The van der Waals surface area contributed by atoms with Crippen LogP contribution < -0.4 is 5.73 Å². The van der Waals surface area contributed by atoms with Crippen molar-refractivity contribution in [2.75, 3.05) is 0 Å². The summed E-state index contributed by atoms with van der Waals surface area (Å²) in [5.74, 6) is 0.823. The van der Waals surface area contributed by atoms with Gasteiger partial charge in [0.25, 0.3) is 5.22 Å². The van der Waals surface area contributed by atoms with Gasteiger partial charge in [0, 0.05) is 11.8 Å². The first-order valence-corrected chi connectivity index (χ1v) is 5.97. The summed E-state index contributed by atoms with van der Waals surface area (Å²) in [4.78, 5) is 8.41. The largest absolute Gasteiger partial charge is 0.436 e. The zero-order valence-corrected chi connectivity index (χ0v) is 10.7. The van der Waals surface area contributed by atoms with E-state index in [0.717, 1.165) is 11.5 Å². The van der Waals surface area contributed by atoms with Gasteiger partial charge in [-0.3, -0.25) is 0 Å². The summed E-state index contributed by atoms with van der Waals surface area (Å²) in [7, 11) is 0. The zero-order chi connectivity index (χ0) is 13.1. The Labute approximate surface area is 108 Å². The number of aryl methyl sites for hydroxylation is 2. The van der Waals surface area contributed by atoms with Crippen LogP contribution in [0.4, 0.5) is 0 Å². The zero-order valence-electron chi connectivity index (χ0n) is 9.91. The molecule has 0 saturated heterocycles. The maximum atomic E-state index is 8.61. The van der Waals surface area contributed by atoms with Crippen LogP contribution in [0.15, 0.2) is 38.2 Å². The second-order valence-electron chi connectivity index (χ2n) is 3.59. The van der Waals surface area contributed by atoms with Crippen LogP contribution in [0.2, 0.25) is 0 Å². The van der Waals surface area contributed by atoms with Crippen molar-refractivity contribution in [3.8, 4) is 0 Å². The number of nitrogens with zero attached hydrogens (tertiary/aromatic N) is 3. The van der Waals surface area contributed by atoms with Gasteiger partial charge in [0.15, 0.2) is 5.84 Å². The van der Waals surface area contributed by atoms with Crippen molar-refractivity contribution in [3.05, 3.63) is 35.3 Å². The quantitative estimate of drug-likeness (QED) is 0.380. The van der Waals surface area contributed by atoms with Crippen molar-refractivity contribution >= 4 is 17.6 Å². The third kappa shape index (κ3) is 2.62. The Balaban J connectivity index is 2.24. The number of pyridine rings is 1. The van der Waals surface area contributed by atoms with Gasteiger partial charge in [-0.2, -0.15) is 0 Å². The molecule has 2 aromatic heterocycles. The summed E-state index contributed by atoms with van der Waals surface area (Å²) in [6, 6.07) is 3.36. The molecule has 0 aliphatic carbocycles. The van der Waals surface area contributed by atoms with Crippen LogP contribution in [0, 0.1) is 13.8 Å². The summed E-state index contributed by atoms with van der Waals surface area (Å²) >= 11 is 1.28. The Morgan fingerprint density at radius 2 is 2.28 bits per heavy atom. The normalized spacial score (nSPS) is 11.8. The lowest BCUT2D eigenvalue weighted by atomic mass is 10.2. The first-order valence-electron chi connectivity index (χ1n) is 5.16. The summed E-state index contributed by atoms with van der Waals surface area (Å²) in [5.41, 5.74) is 6.95. The van der Waals surface area contributed by atoms with E-state index in [-0.39, 0.29) is 5.84 Å². The molecule has 0 aliphatic heterocycles. The molecule has 18 heavy (non-hydrogen) atoms. The number of amidine groups is 1. The van der Waals surface area contributed by atoms with Crippen molar-refractivity contribution in [2.45, 2.75) is 24.1 Å². The van der Waals surface area contributed by atoms with Crippen LogP contribution >= 0.6 is 11.8 Å². The van der Waals surface area contributed by atoms with E-state index in [1.54, 1.807) is 18.3 Å². The van der Waals surface area contributed by atoms with Crippen molar-refractivity contribution in [1.82, 2.24) is 9.97 Å². The monoisotopic (exact) mass is 264 g/mol. The molecule has 2 heterocycles. The fourth-order valence-electron chi connectivity index (χ4n) is 1.26. The first kappa shape index (κ1) is 12.4. The Morgan fingerprint density at radius 1 is 1.50 bits per heavy atom. The van der Waals surface area contributed by atoms with Crippen LogP contribution in [0.1, 0.15) is 17.0 Å². The van der Waals surface area contributed by atoms with E-state index in [4.69, 9.17) is 15.4 Å². The highest BCUT2D eigenvalue weighted by atomic mass is 32.2. The molecule has 0 spiro atoms. The van der Waals surface area contributed by atoms with Gasteiger partial charge in [-0.25, -0.2) is 9.97 Å². The smallest absolute Gasteiger partial charge is 0.262 e. The van der Waals surface area contributed by atoms with Crippen molar-refractivity contribution in [1.29, 1.82) is 0 Å². The molecule has 0 bridgehead atoms. The lowest BCUT2D eigenvalue weighted by Gasteiger charge is -2.00. The Bertz CT molecular complexity index is 575. The Hall–Kier alpha value is -2.02. The van der Waals surface area contributed by atoms with E-state index in [1.165, 1.54) is 11.8 Å². The lowest BCUT2D eigenvalue weighted by molar-refractivity contribution is 0.318. The summed E-state index contributed by atoms with van der Waals surface area (Å²) in [6.07, 6.45) is 1.58. The molecule has 0 radical (unpaired) electrons. The van der Waals surface area contributed by atoms with E-state index in [9.17, 15) is 0 Å². The average molecular weight is 264 g/mol. The predicted molar refractivity (Wildman–Crippen MR) is 66.8 cm³/mol. The highest BCUT2D eigenvalue weighted by Gasteiger charge is 2.09. The molecule has 0 saturated carbocycles. The summed E-state index contributed by atoms with van der Waals surface area (Å²) in [6.45, 7) is 3.73. The molecule has 7 heteroatoms. The molecule has 0 aliphatic rings. The SMILES string of the molecule is Cc1nc(Sc2cc(/C(N)=N/O)ccn2)oc1C. The van der Waals surface area contributed by atoms with Gasteiger partial charge < -0.3 is 15.4 Å². The van der Waals surface area contributed by atoms with Crippen molar-refractivity contribution in [3.63, 3.8) is 0 Å². The van der Waals surface area contributed by atoms with Gasteiger partial charge in [0.1, 0.15) is 10.8 Å². The Morgan fingerprint density at radius 3 is 2.89 bits per heavy atom. The number of oxazole rings is 1. The summed E-state index contributed by atoms with van der Waals surface area (Å²) < 4.78 is 5.45. The maximum absolute atomic E-state index is 8.61. The van der Waals surface area contributed by atoms with Crippen molar-refractivity contribution < 1.29 is 9.62 Å². The third-order valence-electron chi connectivity index (χ3n) is 2.34. The molecule has 3 N–H and O–H groups in total. The minimum atomic E-state index is 0.0408. The topological polar surface area (TPSA) is 97.5 Å². The average Bonchev–Trinajstić information content (AvgIpc) is 2.67. The molecular weight excluding hydrogens is 252 g/mol. The Kier molecular flexibility index (Phi) is 3.52. The molecule has 6 nitrogen and oxygen atoms in total. The van der Waals surface area contributed by atoms with Crippen LogP contribution in [0.3, 0.4) is 0 Å². The van der Waals surface area contributed by atoms with E-state index in [0.29, 0.717) is 15.8 Å². The third-order valence-corrected chi connectivity index (χ3v) is 3.12. The maximum Gasteiger partial charge on any atom is 0.262 e. The molecule has 2 aromatic rings. The van der Waals surface area contributed by atoms with Gasteiger partial charge in [0.2, 0.25) is 0 Å². The van der Waals surface area contributed by atoms with Crippen LogP contribution in [-0.2, 0) is 0 Å². The molecule has 0 unspecified atom stereocenters. The first-order chi connectivity index (χ1) is 8.60. The van der Waals surface area contributed by atoms with Crippen molar-refractivity contribution in [2.24, 2.45) is 10.9 Å². The second kappa shape index (κ2) is 5.09. The minimum Gasteiger partial charge on any atom is -0.436 e. The number of rotatable bonds is 3. The standard InChI is InChI=1S/C11H12N4O2S/c1-6-7(2)17-11(14-6)18-9-5-8(3-4-13-9)10(12)15-16/h3-5,16H,1-2H3,(H2,12,15). The summed E-state index contributed by atoms with van der Waals surface area (Å²) in [5, 5.41) is 12.7. The van der Waals surface area contributed by atoms with E-state index >= 15 is 0 Å². The van der Waals surface area contributed by atoms with Gasteiger partial charge in [-0.1, -0.05) is 5.16 Å². The number of hydrogen-bond donors (Lipinski definition) is 2. The number of hydrogen-bond acceptors (Lipinski definition) is 6. The molecule has 0 amide bonds. The van der Waals surface area contributed by atoms with Gasteiger partial charge in [-0.05, 0) is 37.7 Å². The van der Waals surface area contributed by atoms with Gasteiger partial charge in [-0.15, -0.1) is 0 Å². The van der Waals surface area contributed by atoms with Gasteiger partial charge in [0.05, 0.1) is 5.69 Å². The predicted octanol–water partition coefficient (Wildman–Crippen LogP) is 1.93. The molecule has 0 atom stereocenters. The highest BCUT2D eigenvalue weighted by Crippen LogP contribution is 2.27. The highest BCUT2D eigenvalue weighted by molar-refractivity contribution is 7.99. The minimum absolute atomic E-state index is 0.0408. The van der Waals surface area contributed by atoms with Crippen LogP contribution in [0.5, 0.6) is 0 Å². The molecular formula is C11H12N4O2S. The fraction of sp³-hybridized carbons (Fsp3) is 0.182. The van der Waals surface area contributed by atoms with Crippen LogP contribution in [-0.4, -0.2) is 21.0 Å². The fourth-order valence-corrected chi connectivity index (χ4v) is 2.09. The van der Waals surface area contributed by atoms with Gasteiger partial charge >= 0.3 is 0 Å². The molecule has 0 aromatic carbocycles. The van der Waals surface area contributed by atoms with E-state index in [2.05, 4.69) is 15.1 Å². The number of nitrogens with two attached hydrogens (primary N) is 1. The molecule has 0 fully saturated rings. The number of oxime groups is 1. The van der Waals surface area contributed by atoms with Crippen LogP contribution in [0.25, 0.3) is 0 Å². The number of aromatic nitrogens is 2.